The van der Waals surface area contributed by atoms with Gasteiger partial charge in [-0.25, -0.2) is 0 Å². The Balaban J connectivity index is 2.36. The maximum atomic E-state index is 12.9. The van der Waals surface area contributed by atoms with Crippen LogP contribution in [0.1, 0.15) is 34.1 Å². The predicted octanol–water partition coefficient (Wildman–Crippen LogP) is 4.02. The second-order valence-corrected chi connectivity index (χ2v) is 6.43. The van der Waals surface area contributed by atoms with E-state index in [1.54, 1.807) is 13.3 Å². The van der Waals surface area contributed by atoms with Crippen molar-refractivity contribution in [3.8, 4) is 5.75 Å². The van der Waals surface area contributed by atoms with Crippen molar-refractivity contribution >= 4 is 22.5 Å². The Kier molecular flexibility index (Phi) is 5.78. The lowest BCUT2D eigenvalue weighted by Gasteiger charge is -2.30. The molecule has 5 heteroatoms. The summed E-state index contributed by atoms with van der Waals surface area (Å²) in [6, 6.07) is 7.40. The minimum absolute atomic E-state index is 0.145. The van der Waals surface area contributed by atoms with E-state index in [0.29, 0.717) is 30.4 Å². The molecule has 0 spiro atoms. The SMILES string of the molecule is CCO[C@](C)(CC(C)C)C(=O)Nc1ccc(OC)c2ncccc12. The molecular formula is C19H26N2O3. The smallest absolute Gasteiger partial charge is 0.256 e. The van der Waals surface area contributed by atoms with Crippen LogP contribution in [0.4, 0.5) is 5.69 Å². The Morgan fingerprint density at radius 3 is 2.71 bits per heavy atom. The van der Waals surface area contributed by atoms with Crippen molar-refractivity contribution in [2.45, 2.75) is 39.7 Å². The van der Waals surface area contributed by atoms with Crippen molar-refractivity contribution in [1.29, 1.82) is 0 Å². The Morgan fingerprint density at radius 1 is 1.33 bits per heavy atom. The Hall–Kier alpha value is -2.14. The molecule has 1 aromatic carbocycles. The fraction of sp³-hybridized carbons (Fsp3) is 0.474. The first kappa shape index (κ1) is 18.2. The van der Waals surface area contributed by atoms with Gasteiger partial charge in [0.2, 0.25) is 0 Å². The Bertz CT molecular complexity index is 715. The number of fused-ring (bicyclic) bond motifs is 1. The molecule has 2 rings (SSSR count). The molecule has 0 fully saturated rings. The van der Waals surface area contributed by atoms with Crippen LogP contribution >= 0.6 is 0 Å². The normalized spacial score (nSPS) is 13.8. The summed E-state index contributed by atoms with van der Waals surface area (Å²) in [6.45, 7) is 8.39. The van der Waals surface area contributed by atoms with Crippen LogP contribution in [0.25, 0.3) is 10.9 Å². The molecule has 1 aromatic heterocycles. The van der Waals surface area contributed by atoms with Crippen LogP contribution in [-0.2, 0) is 9.53 Å². The maximum Gasteiger partial charge on any atom is 0.256 e. The predicted molar refractivity (Wildman–Crippen MR) is 96.4 cm³/mol. The zero-order chi connectivity index (χ0) is 17.7. The number of rotatable bonds is 7. The number of anilines is 1. The van der Waals surface area contributed by atoms with Gasteiger partial charge in [-0.2, -0.15) is 0 Å². The fourth-order valence-electron chi connectivity index (χ4n) is 2.99. The molecule has 1 atom stereocenters. The lowest BCUT2D eigenvalue weighted by molar-refractivity contribution is -0.140. The first-order valence-corrected chi connectivity index (χ1v) is 8.28. The van der Waals surface area contributed by atoms with Crippen LogP contribution in [-0.4, -0.2) is 30.2 Å². The third-order valence-corrected chi connectivity index (χ3v) is 3.94. The van der Waals surface area contributed by atoms with Gasteiger partial charge in [-0.05, 0) is 50.5 Å². The number of carbonyl (C=O) groups is 1. The van der Waals surface area contributed by atoms with Gasteiger partial charge in [0.05, 0.1) is 12.8 Å². The van der Waals surface area contributed by atoms with Crippen molar-refractivity contribution in [2.24, 2.45) is 5.92 Å². The first-order valence-electron chi connectivity index (χ1n) is 8.28. The molecule has 0 saturated heterocycles. The van der Waals surface area contributed by atoms with Crippen LogP contribution in [0, 0.1) is 5.92 Å². The second-order valence-electron chi connectivity index (χ2n) is 6.43. The van der Waals surface area contributed by atoms with E-state index in [9.17, 15) is 4.79 Å². The van der Waals surface area contributed by atoms with Crippen LogP contribution in [0.3, 0.4) is 0 Å². The molecule has 0 unspecified atom stereocenters. The number of amides is 1. The summed E-state index contributed by atoms with van der Waals surface area (Å²) in [5.41, 5.74) is 0.565. The number of nitrogens with one attached hydrogen (secondary N) is 1. The number of hydrogen-bond donors (Lipinski definition) is 1. The van der Waals surface area contributed by atoms with Gasteiger partial charge in [-0.1, -0.05) is 13.8 Å². The maximum absolute atomic E-state index is 12.9. The number of benzene rings is 1. The zero-order valence-electron chi connectivity index (χ0n) is 15.1. The van der Waals surface area contributed by atoms with Gasteiger partial charge >= 0.3 is 0 Å². The van der Waals surface area contributed by atoms with Gasteiger partial charge in [0.15, 0.2) is 0 Å². The van der Waals surface area contributed by atoms with E-state index in [1.807, 2.05) is 38.1 Å². The summed E-state index contributed by atoms with van der Waals surface area (Å²) in [5, 5.41) is 3.85. The van der Waals surface area contributed by atoms with Gasteiger partial charge in [-0.15, -0.1) is 0 Å². The molecular weight excluding hydrogens is 304 g/mol. The zero-order valence-corrected chi connectivity index (χ0v) is 15.1. The average molecular weight is 330 g/mol. The summed E-state index contributed by atoms with van der Waals surface area (Å²) in [4.78, 5) is 17.2. The number of aromatic nitrogens is 1. The van der Waals surface area contributed by atoms with E-state index in [4.69, 9.17) is 9.47 Å². The number of methoxy groups -OCH3 is 1. The monoisotopic (exact) mass is 330 g/mol. The molecule has 0 radical (unpaired) electrons. The Morgan fingerprint density at radius 2 is 2.08 bits per heavy atom. The van der Waals surface area contributed by atoms with E-state index in [-0.39, 0.29) is 5.91 Å². The fourth-order valence-corrected chi connectivity index (χ4v) is 2.99. The van der Waals surface area contributed by atoms with Gasteiger partial charge in [0.25, 0.3) is 5.91 Å². The van der Waals surface area contributed by atoms with Crippen LogP contribution < -0.4 is 10.1 Å². The van der Waals surface area contributed by atoms with Crippen molar-refractivity contribution in [3.05, 3.63) is 30.5 Å². The Labute approximate surface area is 143 Å². The van der Waals surface area contributed by atoms with Gasteiger partial charge in [-0.3, -0.25) is 9.78 Å². The minimum atomic E-state index is -0.864. The van der Waals surface area contributed by atoms with Gasteiger partial charge in [0, 0.05) is 18.2 Å². The van der Waals surface area contributed by atoms with E-state index < -0.39 is 5.60 Å². The molecule has 1 heterocycles. The first-order chi connectivity index (χ1) is 11.4. The highest BCUT2D eigenvalue weighted by atomic mass is 16.5. The second kappa shape index (κ2) is 7.62. The molecule has 0 aliphatic heterocycles. The molecule has 5 nitrogen and oxygen atoms in total. The van der Waals surface area contributed by atoms with Crippen molar-refractivity contribution < 1.29 is 14.3 Å². The quantitative estimate of drug-likeness (QED) is 0.833. The third kappa shape index (κ3) is 3.85. The largest absolute Gasteiger partial charge is 0.494 e. The van der Waals surface area contributed by atoms with Crippen molar-refractivity contribution in [1.82, 2.24) is 4.98 Å². The number of nitrogens with zero attached hydrogens (tertiary/aromatic N) is 1. The highest BCUT2D eigenvalue weighted by Gasteiger charge is 2.35. The molecule has 1 amide bonds. The van der Waals surface area contributed by atoms with Crippen LogP contribution in [0.2, 0.25) is 0 Å². The third-order valence-electron chi connectivity index (χ3n) is 3.94. The molecule has 0 aliphatic carbocycles. The lowest BCUT2D eigenvalue weighted by Crippen LogP contribution is -2.44. The number of carbonyl (C=O) groups excluding carboxylic acids is 1. The van der Waals surface area contributed by atoms with E-state index in [0.717, 1.165) is 10.9 Å². The minimum Gasteiger partial charge on any atom is -0.494 e. The van der Waals surface area contributed by atoms with E-state index in [2.05, 4.69) is 24.1 Å². The van der Waals surface area contributed by atoms with Gasteiger partial charge in [0.1, 0.15) is 16.9 Å². The molecule has 1 N–H and O–H groups in total. The molecule has 0 aliphatic rings. The molecule has 130 valence electrons. The highest BCUT2D eigenvalue weighted by Crippen LogP contribution is 2.31. The topological polar surface area (TPSA) is 60.5 Å². The molecule has 0 saturated carbocycles. The van der Waals surface area contributed by atoms with Crippen molar-refractivity contribution in [3.63, 3.8) is 0 Å². The molecule has 24 heavy (non-hydrogen) atoms. The summed E-state index contributed by atoms with van der Waals surface area (Å²) in [6.07, 6.45) is 2.36. The molecule has 0 bridgehead atoms. The average Bonchev–Trinajstić information content (AvgIpc) is 2.54. The highest BCUT2D eigenvalue weighted by molar-refractivity contribution is 6.05. The van der Waals surface area contributed by atoms with E-state index >= 15 is 0 Å². The summed E-state index contributed by atoms with van der Waals surface area (Å²) in [7, 11) is 1.61. The summed E-state index contributed by atoms with van der Waals surface area (Å²) in [5.74, 6) is 0.883. The van der Waals surface area contributed by atoms with Crippen molar-refractivity contribution in [2.75, 3.05) is 19.0 Å². The lowest BCUT2D eigenvalue weighted by atomic mass is 9.93. The molecule has 2 aromatic rings. The van der Waals surface area contributed by atoms with Gasteiger partial charge < -0.3 is 14.8 Å². The summed E-state index contributed by atoms with van der Waals surface area (Å²) >= 11 is 0. The van der Waals surface area contributed by atoms with Crippen LogP contribution in [0.15, 0.2) is 30.5 Å². The number of ether oxygens (including phenoxy) is 2. The standard InChI is InChI=1S/C19H26N2O3/c1-6-24-19(4,12-13(2)3)18(22)21-15-9-10-16(23-5)17-14(15)8-7-11-20-17/h7-11,13H,6,12H2,1-5H3,(H,21,22)/t19-/m1/s1. The van der Waals surface area contributed by atoms with E-state index in [1.165, 1.54) is 0 Å². The summed E-state index contributed by atoms with van der Waals surface area (Å²) < 4.78 is 11.1. The van der Waals surface area contributed by atoms with Crippen LogP contribution in [0.5, 0.6) is 5.75 Å². The number of pyridine rings is 1. The number of hydrogen-bond acceptors (Lipinski definition) is 4.